The average molecular weight is 284 g/mol. The van der Waals surface area contributed by atoms with Gasteiger partial charge >= 0.3 is 0 Å². The predicted molar refractivity (Wildman–Crippen MR) is 78.3 cm³/mol. The van der Waals surface area contributed by atoms with Crippen molar-refractivity contribution >= 4 is 11.3 Å². The Balaban J connectivity index is 2.21. The predicted octanol–water partition coefficient (Wildman–Crippen LogP) is 1.61. The van der Waals surface area contributed by atoms with Crippen LogP contribution in [0.2, 0.25) is 0 Å². The van der Waals surface area contributed by atoms with Crippen molar-refractivity contribution in [1.82, 2.24) is 4.90 Å². The zero-order valence-electron chi connectivity index (χ0n) is 11.7. The molecule has 4 nitrogen and oxygen atoms in total. The van der Waals surface area contributed by atoms with Gasteiger partial charge in [0, 0.05) is 23.5 Å². The molecule has 1 aliphatic rings. The Labute approximate surface area is 119 Å². The third-order valence-electron chi connectivity index (χ3n) is 3.83. The van der Waals surface area contributed by atoms with Crippen LogP contribution < -0.4 is 5.73 Å². The van der Waals surface area contributed by atoms with Gasteiger partial charge in [-0.3, -0.25) is 4.90 Å². The van der Waals surface area contributed by atoms with Crippen molar-refractivity contribution in [3.63, 3.8) is 0 Å². The lowest BCUT2D eigenvalue weighted by Crippen LogP contribution is -2.54. The van der Waals surface area contributed by atoms with Gasteiger partial charge < -0.3 is 15.6 Å². The van der Waals surface area contributed by atoms with E-state index in [-0.39, 0.29) is 24.8 Å². The zero-order valence-corrected chi connectivity index (χ0v) is 12.5. The molecular weight excluding hydrogens is 260 g/mol. The van der Waals surface area contributed by atoms with E-state index in [1.54, 1.807) is 11.3 Å². The van der Waals surface area contributed by atoms with Crippen molar-refractivity contribution in [2.75, 3.05) is 19.8 Å². The highest BCUT2D eigenvalue weighted by atomic mass is 32.1. The minimum Gasteiger partial charge on any atom is -0.394 e. The van der Waals surface area contributed by atoms with Crippen molar-refractivity contribution in [3.05, 3.63) is 22.4 Å². The summed E-state index contributed by atoms with van der Waals surface area (Å²) in [4.78, 5) is 3.70. The Morgan fingerprint density at radius 2 is 2.42 bits per heavy atom. The lowest BCUT2D eigenvalue weighted by atomic mass is 9.99. The molecular formula is C14H24N2O2S. The monoisotopic (exact) mass is 284 g/mol. The van der Waals surface area contributed by atoms with Crippen molar-refractivity contribution in [2.45, 2.75) is 44.5 Å². The summed E-state index contributed by atoms with van der Waals surface area (Å²) in [5, 5.41) is 11.4. The number of thiophene rings is 1. The summed E-state index contributed by atoms with van der Waals surface area (Å²) in [5.41, 5.74) is 6.35. The molecule has 0 spiro atoms. The summed E-state index contributed by atoms with van der Waals surface area (Å²) in [6.07, 6.45) is 0.846. The number of nitrogens with zero attached hydrogens (tertiary/aromatic N) is 1. The number of aliphatic hydroxyl groups excluding tert-OH is 1. The maximum Gasteiger partial charge on any atom is 0.0933 e. The molecule has 0 amide bonds. The van der Waals surface area contributed by atoms with Crippen molar-refractivity contribution in [3.8, 4) is 0 Å². The van der Waals surface area contributed by atoms with Crippen molar-refractivity contribution in [1.29, 1.82) is 0 Å². The van der Waals surface area contributed by atoms with Gasteiger partial charge in [-0.15, -0.1) is 11.3 Å². The van der Waals surface area contributed by atoms with Crippen LogP contribution in [0.4, 0.5) is 0 Å². The maximum atomic E-state index is 9.32. The van der Waals surface area contributed by atoms with Gasteiger partial charge in [0.2, 0.25) is 0 Å². The van der Waals surface area contributed by atoms with E-state index in [0.29, 0.717) is 12.6 Å². The van der Waals surface area contributed by atoms with Gasteiger partial charge in [-0.2, -0.15) is 0 Å². The summed E-state index contributed by atoms with van der Waals surface area (Å²) >= 11 is 1.75. The van der Waals surface area contributed by atoms with E-state index >= 15 is 0 Å². The van der Waals surface area contributed by atoms with E-state index in [1.807, 2.05) is 0 Å². The Morgan fingerprint density at radius 3 is 3.00 bits per heavy atom. The number of morpholine rings is 1. The van der Waals surface area contributed by atoms with Gasteiger partial charge in [0.05, 0.1) is 25.4 Å². The van der Waals surface area contributed by atoms with Crippen LogP contribution in [-0.2, 0) is 4.74 Å². The lowest BCUT2D eigenvalue weighted by Gasteiger charge is -2.44. The van der Waals surface area contributed by atoms with E-state index in [0.717, 1.165) is 13.0 Å². The fourth-order valence-electron chi connectivity index (χ4n) is 2.64. The Bertz CT molecular complexity index is 372. The topological polar surface area (TPSA) is 58.7 Å². The molecule has 1 aromatic heterocycles. The molecule has 108 valence electrons. The highest BCUT2D eigenvalue weighted by Gasteiger charge is 2.34. The first-order valence-electron chi connectivity index (χ1n) is 6.94. The van der Waals surface area contributed by atoms with E-state index in [9.17, 15) is 5.11 Å². The molecule has 2 heterocycles. The molecule has 4 atom stereocenters. The second-order valence-corrected chi connectivity index (χ2v) is 6.20. The van der Waals surface area contributed by atoms with E-state index in [2.05, 4.69) is 36.3 Å². The molecule has 0 bridgehead atoms. The standard InChI is InChI=1S/C14H24N2O2S/c1-3-12(15)14(13-5-4-6-19-13)16-7-11(8-17)18-9-10(16)2/h4-6,10-12,14,17H,3,7-9,15H2,1-2H3. The van der Waals surface area contributed by atoms with Crippen LogP contribution in [0.25, 0.3) is 0 Å². The molecule has 5 heteroatoms. The Hall–Kier alpha value is -0.460. The van der Waals surface area contributed by atoms with Crippen LogP contribution in [0, 0.1) is 0 Å². The Morgan fingerprint density at radius 1 is 1.63 bits per heavy atom. The first-order valence-corrected chi connectivity index (χ1v) is 7.82. The van der Waals surface area contributed by atoms with Crippen molar-refractivity contribution < 1.29 is 9.84 Å². The second kappa shape index (κ2) is 6.81. The van der Waals surface area contributed by atoms with Gasteiger partial charge in [0.1, 0.15) is 0 Å². The number of aliphatic hydroxyl groups is 1. The van der Waals surface area contributed by atoms with Crippen LogP contribution in [0.1, 0.15) is 31.2 Å². The second-order valence-electron chi connectivity index (χ2n) is 5.22. The fraction of sp³-hybridized carbons (Fsp3) is 0.714. The normalized spacial score (nSPS) is 28.2. The summed E-state index contributed by atoms with van der Waals surface area (Å²) in [6, 6.07) is 4.88. The number of ether oxygens (including phenoxy) is 1. The van der Waals surface area contributed by atoms with Crippen LogP contribution in [0.15, 0.2) is 17.5 Å². The zero-order chi connectivity index (χ0) is 13.8. The molecule has 1 aromatic rings. The van der Waals surface area contributed by atoms with Gasteiger partial charge in [-0.05, 0) is 24.8 Å². The minimum absolute atomic E-state index is 0.0712. The molecule has 0 radical (unpaired) electrons. The molecule has 1 aliphatic heterocycles. The van der Waals surface area contributed by atoms with Gasteiger partial charge in [-0.25, -0.2) is 0 Å². The summed E-state index contributed by atoms with van der Waals surface area (Å²) in [5.74, 6) is 0. The first-order chi connectivity index (χ1) is 9.17. The molecule has 1 fully saturated rings. The van der Waals surface area contributed by atoms with Gasteiger partial charge in [0.15, 0.2) is 0 Å². The van der Waals surface area contributed by atoms with Crippen LogP contribution >= 0.6 is 11.3 Å². The minimum atomic E-state index is -0.0947. The average Bonchev–Trinajstić information content (AvgIpc) is 2.94. The molecule has 2 rings (SSSR count). The first kappa shape index (κ1) is 14.9. The summed E-state index contributed by atoms with van der Waals surface area (Å²) in [7, 11) is 0. The lowest BCUT2D eigenvalue weighted by molar-refractivity contribution is -0.0944. The highest BCUT2D eigenvalue weighted by molar-refractivity contribution is 7.10. The van der Waals surface area contributed by atoms with E-state index < -0.39 is 0 Å². The van der Waals surface area contributed by atoms with Gasteiger partial charge in [0.25, 0.3) is 0 Å². The number of rotatable bonds is 5. The van der Waals surface area contributed by atoms with Crippen LogP contribution in [0.5, 0.6) is 0 Å². The summed E-state index contributed by atoms with van der Waals surface area (Å²) in [6.45, 7) is 5.76. The Kier molecular flexibility index (Phi) is 5.36. The van der Waals surface area contributed by atoms with Crippen LogP contribution in [0.3, 0.4) is 0 Å². The molecule has 0 aromatic carbocycles. The third-order valence-corrected chi connectivity index (χ3v) is 4.77. The molecule has 1 saturated heterocycles. The SMILES string of the molecule is CCC(N)C(c1cccs1)N1CC(CO)OCC1C. The molecule has 4 unspecified atom stereocenters. The summed E-state index contributed by atoms with van der Waals surface area (Å²) < 4.78 is 5.62. The van der Waals surface area contributed by atoms with E-state index in [1.165, 1.54) is 4.88 Å². The van der Waals surface area contributed by atoms with Crippen molar-refractivity contribution in [2.24, 2.45) is 5.73 Å². The molecule has 19 heavy (non-hydrogen) atoms. The highest BCUT2D eigenvalue weighted by Crippen LogP contribution is 2.32. The number of hydrogen-bond acceptors (Lipinski definition) is 5. The number of hydrogen-bond donors (Lipinski definition) is 2. The maximum absolute atomic E-state index is 9.32. The fourth-order valence-corrected chi connectivity index (χ4v) is 3.56. The molecule has 0 saturated carbocycles. The largest absolute Gasteiger partial charge is 0.394 e. The van der Waals surface area contributed by atoms with Gasteiger partial charge in [-0.1, -0.05) is 13.0 Å². The number of nitrogens with two attached hydrogens (primary N) is 1. The molecule has 3 N–H and O–H groups in total. The molecule has 0 aliphatic carbocycles. The van der Waals surface area contributed by atoms with E-state index in [4.69, 9.17) is 10.5 Å². The van der Waals surface area contributed by atoms with Crippen LogP contribution in [-0.4, -0.2) is 48.0 Å². The third kappa shape index (κ3) is 3.35. The smallest absolute Gasteiger partial charge is 0.0933 e. The quantitative estimate of drug-likeness (QED) is 0.862.